The summed E-state index contributed by atoms with van der Waals surface area (Å²) in [7, 11) is 2.95. The Kier molecular flexibility index (Phi) is 4.55. The topological polar surface area (TPSA) is 103 Å². The van der Waals surface area contributed by atoms with Crippen molar-refractivity contribution in [3.8, 4) is 0 Å². The molecule has 0 fully saturated rings. The standard InChI is InChI=1S/C16H20N6O3/c1-20-14-13(15(24)21(2)16(20)25)22(10-19-14)9-12(23)18-8-6-11-5-3-4-7-17-11/h3-5,7,10-11,17H,6,8-9H2,1-2H3,(H,18,23). The largest absolute Gasteiger partial charge is 0.385 e. The van der Waals surface area contributed by atoms with Crippen molar-refractivity contribution in [3.63, 3.8) is 0 Å². The van der Waals surface area contributed by atoms with Crippen LogP contribution in [0.5, 0.6) is 0 Å². The fourth-order valence-electron chi connectivity index (χ4n) is 2.76. The average Bonchev–Trinajstić information content (AvgIpc) is 3.02. The summed E-state index contributed by atoms with van der Waals surface area (Å²) < 4.78 is 3.76. The maximum Gasteiger partial charge on any atom is 0.332 e. The van der Waals surface area contributed by atoms with E-state index >= 15 is 0 Å². The molecule has 25 heavy (non-hydrogen) atoms. The molecule has 0 spiro atoms. The van der Waals surface area contributed by atoms with Crippen LogP contribution in [-0.2, 0) is 25.4 Å². The predicted molar refractivity (Wildman–Crippen MR) is 93.0 cm³/mol. The maximum absolute atomic E-state index is 12.3. The van der Waals surface area contributed by atoms with E-state index in [4.69, 9.17) is 0 Å². The van der Waals surface area contributed by atoms with Crippen molar-refractivity contribution in [3.05, 3.63) is 51.6 Å². The highest BCUT2D eigenvalue weighted by atomic mass is 16.2. The molecule has 1 unspecified atom stereocenters. The van der Waals surface area contributed by atoms with Gasteiger partial charge >= 0.3 is 5.69 Å². The molecule has 132 valence electrons. The molecule has 2 aromatic rings. The molecule has 0 bridgehead atoms. The van der Waals surface area contributed by atoms with E-state index in [1.165, 1.54) is 22.5 Å². The molecule has 9 nitrogen and oxygen atoms in total. The van der Waals surface area contributed by atoms with E-state index < -0.39 is 11.2 Å². The van der Waals surface area contributed by atoms with Gasteiger partial charge in [0.25, 0.3) is 5.56 Å². The monoisotopic (exact) mass is 344 g/mol. The van der Waals surface area contributed by atoms with Crippen molar-refractivity contribution >= 4 is 17.1 Å². The second-order valence-corrected chi connectivity index (χ2v) is 5.91. The summed E-state index contributed by atoms with van der Waals surface area (Å²) in [4.78, 5) is 40.5. The van der Waals surface area contributed by atoms with Crippen molar-refractivity contribution in [2.24, 2.45) is 14.1 Å². The smallest absolute Gasteiger partial charge is 0.332 e. The molecule has 3 rings (SSSR count). The van der Waals surface area contributed by atoms with Crippen LogP contribution in [0.25, 0.3) is 11.2 Å². The third kappa shape index (κ3) is 3.25. The Morgan fingerprint density at radius 2 is 2.08 bits per heavy atom. The lowest BCUT2D eigenvalue weighted by atomic mass is 10.1. The van der Waals surface area contributed by atoms with E-state index in [9.17, 15) is 14.4 Å². The number of fused-ring (bicyclic) bond motifs is 1. The minimum absolute atomic E-state index is 0.0300. The minimum Gasteiger partial charge on any atom is -0.385 e. The number of aryl methyl sites for hydroxylation is 1. The zero-order valence-corrected chi connectivity index (χ0v) is 14.1. The van der Waals surface area contributed by atoms with Gasteiger partial charge in [0.1, 0.15) is 6.54 Å². The van der Waals surface area contributed by atoms with Crippen LogP contribution in [0.1, 0.15) is 6.42 Å². The van der Waals surface area contributed by atoms with Crippen LogP contribution in [0, 0.1) is 0 Å². The van der Waals surface area contributed by atoms with Crippen LogP contribution in [0.15, 0.2) is 40.3 Å². The Bertz CT molecular complexity index is 978. The lowest BCUT2D eigenvalue weighted by Gasteiger charge is -2.15. The van der Waals surface area contributed by atoms with E-state index in [-0.39, 0.29) is 29.7 Å². The Balaban J connectivity index is 1.69. The van der Waals surface area contributed by atoms with Gasteiger partial charge in [-0.3, -0.25) is 18.7 Å². The van der Waals surface area contributed by atoms with Gasteiger partial charge in [-0.2, -0.15) is 0 Å². The first-order valence-corrected chi connectivity index (χ1v) is 7.96. The number of aromatic nitrogens is 4. The normalized spacial score (nSPS) is 16.2. The SMILES string of the molecule is Cn1c(=O)c2c(ncn2CC(=O)NCCC2C=CC=CN2)n(C)c1=O. The summed E-state index contributed by atoms with van der Waals surface area (Å²) in [5.74, 6) is -0.217. The number of carbonyl (C=O) groups excluding carboxylic acids is 1. The minimum atomic E-state index is -0.466. The van der Waals surface area contributed by atoms with E-state index in [0.29, 0.717) is 6.54 Å². The summed E-state index contributed by atoms with van der Waals surface area (Å²) in [6, 6.07) is 0.196. The van der Waals surface area contributed by atoms with Crippen LogP contribution >= 0.6 is 0 Å². The van der Waals surface area contributed by atoms with Crippen LogP contribution in [0.2, 0.25) is 0 Å². The predicted octanol–water partition coefficient (Wildman–Crippen LogP) is -1.02. The lowest BCUT2D eigenvalue weighted by Crippen LogP contribution is -2.38. The molecule has 0 saturated carbocycles. The van der Waals surface area contributed by atoms with Gasteiger partial charge in [-0.25, -0.2) is 9.78 Å². The van der Waals surface area contributed by atoms with Gasteiger partial charge < -0.3 is 15.2 Å². The number of hydrogen-bond acceptors (Lipinski definition) is 5. The number of allylic oxidation sites excluding steroid dienone is 2. The van der Waals surface area contributed by atoms with Crippen molar-refractivity contribution in [1.29, 1.82) is 0 Å². The Morgan fingerprint density at radius 1 is 1.28 bits per heavy atom. The highest BCUT2D eigenvalue weighted by molar-refractivity contribution is 5.78. The Morgan fingerprint density at radius 3 is 2.80 bits per heavy atom. The molecule has 0 saturated heterocycles. The van der Waals surface area contributed by atoms with Crippen LogP contribution in [0.4, 0.5) is 0 Å². The molecule has 0 aliphatic carbocycles. The summed E-state index contributed by atoms with van der Waals surface area (Å²) in [5, 5.41) is 6.01. The van der Waals surface area contributed by atoms with Gasteiger partial charge in [-0.05, 0) is 18.7 Å². The van der Waals surface area contributed by atoms with Crippen molar-refractivity contribution < 1.29 is 4.79 Å². The second kappa shape index (κ2) is 6.80. The number of dihydropyridines is 1. The molecule has 3 heterocycles. The van der Waals surface area contributed by atoms with Gasteiger partial charge in [0, 0.05) is 26.7 Å². The van der Waals surface area contributed by atoms with Gasteiger partial charge in [-0.15, -0.1) is 0 Å². The maximum atomic E-state index is 12.3. The van der Waals surface area contributed by atoms with Gasteiger partial charge in [-0.1, -0.05) is 12.2 Å². The number of nitrogens with one attached hydrogen (secondary N) is 2. The van der Waals surface area contributed by atoms with E-state index in [0.717, 1.165) is 11.0 Å². The fourth-order valence-corrected chi connectivity index (χ4v) is 2.76. The molecule has 0 aromatic carbocycles. The summed E-state index contributed by atoms with van der Waals surface area (Å²) >= 11 is 0. The Hall–Kier alpha value is -3.10. The second-order valence-electron chi connectivity index (χ2n) is 5.91. The number of nitrogens with zero attached hydrogens (tertiary/aromatic N) is 4. The van der Waals surface area contributed by atoms with Crippen molar-refractivity contribution in [1.82, 2.24) is 29.3 Å². The molecule has 9 heteroatoms. The average molecular weight is 344 g/mol. The molecule has 2 aromatic heterocycles. The third-order valence-electron chi connectivity index (χ3n) is 4.17. The molecule has 1 atom stereocenters. The number of imidazole rings is 1. The van der Waals surface area contributed by atoms with E-state index in [1.54, 1.807) is 7.05 Å². The number of rotatable bonds is 5. The molecule has 1 aliphatic heterocycles. The van der Waals surface area contributed by atoms with Crippen molar-refractivity contribution in [2.45, 2.75) is 19.0 Å². The highest BCUT2D eigenvalue weighted by Gasteiger charge is 2.16. The molecule has 1 amide bonds. The first-order valence-electron chi connectivity index (χ1n) is 7.96. The quantitative estimate of drug-likeness (QED) is 0.723. The van der Waals surface area contributed by atoms with Gasteiger partial charge in [0.15, 0.2) is 11.2 Å². The van der Waals surface area contributed by atoms with E-state index in [2.05, 4.69) is 15.6 Å². The summed E-state index contributed by atoms with van der Waals surface area (Å²) in [5.41, 5.74) is -0.410. The molecular weight excluding hydrogens is 324 g/mol. The molecular formula is C16H20N6O3. The summed E-state index contributed by atoms with van der Waals surface area (Å²) in [6.45, 7) is 0.482. The first kappa shape index (κ1) is 16.7. The zero-order chi connectivity index (χ0) is 18.0. The number of hydrogen-bond donors (Lipinski definition) is 2. The highest BCUT2D eigenvalue weighted by Crippen LogP contribution is 2.05. The number of carbonyl (C=O) groups is 1. The lowest BCUT2D eigenvalue weighted by molar-refractivity contribution is -0.121. The molecule has 1 aliphatic rings. The van der Waals surface area contributed by atoms with Crippen LogP contribution in [0.3, 0.4) is 0 Å². The molecule has 2 N–H and O–H groups in total. The van der Waals surface area contributed by atoms with Crippen LogP contribution < -0.4 is 21.9 Å². The number of amides is 1. The van der Waals surface area contributed by atoms with E-state index in [1.807, 2.05) is 24.4 Å². The fraction of sp³-hybridized carbons (Fsp3) is 0.375. The molecule has 0 radical (unpaired) electrons. The van der Waals surface area contributed by atoms with Gasteiger partial charge in [0.05, 0.1) is 6.33 Å². The summed E-state index contributed by atoms with van der Waals surface area (Å²) in [6.07, 6.45) is 9.92. The van der Waals surface area contributed by atoms with Gasteiger partial charge in [0.2, 0.25) is 5.91 Å². The zero-order valence-electron chi connectivity index (χ0n) is 14.1. The Labute approximate surface area is 143 Å². The third-order valence-corrected chi connectivity index (χ3v) is 4.17. The first-order chi connectivity index (χ1) is 12.0. The van der Waals surface area contributed by atoms with Crippen molar-refractivity contribution in [2.75, 3.05) is 6.54 Å². The van der Waals surface area contributed by atoms with Crippen LogP contribution in [-0.4, -0.2) is 37.2 Å².